The van der Waals surface area contributed by atoms with Gasteiger partial charge in [0.05, 0.1) is 5.69 Å². The zero-order chi connectivity index (χ0) is 22.3. The molecule has 4 rings (SSSR count). The highest BCUT2D eigenvalue weighted by molar-refractivity contribution is 8.00. The molecule has 0 saturated carbocycles. The summed E-state index contributed by atoms with van der Waals surface area (Å²) in [5.41, 5.74) is 3.42. The molecule has 4 aromatic rings. The molecule has 3 aromatic carbocycles. The fourth-order valence-corrected chi connectivity index (χ4v) is 4.94. The minimum atomic E-state index is -0.479. The molecule has 0 aliphatic heterocycles. The molecule has 1 heterocycles. The monoisotopic (exact) mass is 459 g/mol. The molecule has 1 unspecified atom stereocenters. The first-order valence-electron chi connectivity index (χ1n) is 9.99. The van der Waals surface area contributed by atoms with Crippen molar-refractivity contribution in [3.05, 3.63) is 95.9 Å². The van der Waals surface area contributed by atoms with Gasteiger partial charge in [0.15, 0.2) is 5.13 Å². The number of nitrogens with one attached hydrogen (secondary N) is 2. The van der Waals surface area contributed by atoms with Crippen LogP contribution in [0.2, 0.25) is 0 Å². The third-order valence-electron chi connectivity index (χ3n) is 4.55. The van der Waals surface area contributed by atoms with Gasteiger partial charge in [0.1, 0.15) is 5.25 Å². The van der Waals surface area contributed by atoms with Crippen molar-refractivity contribution in [2.45, 2.75) is 17.1 Å². The summed E-state index contributed by atoms with van der Waals surface area (Å²) in [4.78, 5) is 30.1. The summed E-state index contributed by atoms with van der Waals surface area (Å²) in [5.74, 6) is -0.289. The number of rotatable bonds is 7. The van der Waals surface area contributed by atoms with E-state index in [4.69, 9.17) is 0 Å². The zero-order valence-electron chi connectivity index (χ0n) is 17.3. The SMILES string of the molecule is CC(=O)Nc1cccc(SC(C(=O)Nc2nc(-c3ccccc3)cs2)c2ccccc2)c1. The molecule has 0 bridgehead atoms. The zero-order valence-corrected chi connectivity index (χ0v) is 19.0. The lowest BCUT2D eigenvalue weighted by Gasteiger charge is -2.16. The molecule has 5 nitrogen and oxygen atoms in total. The van der Waals surface area contributed by atoms with Gasteiger partial charge < -0.3 is 10.6 Å². The van der Waals surface area contributed by atoms with Gasteiger partial charge in [-0.25, -0.2) is 4.98 Å². The average Bonchev–Trinajstić information content (AvgIpc) is 3.27. The van der Waals surface area contributed by atoms with Crippen LogP contribution in [0, 0.1) is 0 Å². The molecule has 1 aromatic heterocycles. The van der Waals surface area contributed by atoms with Crippen molar-refractivity contribution >= 4 is 45.7 Å². The Labute approximate surface area is 194 Å². The lowest BCUT2D eigenvalue weighted by molar-refractivity contribution is -0.116. The van der Waals surface area contributed by atoms with Gasteiger partial charge >= 0.3 is 0 Å². The Balaban J connectivity index is 1.55. The van der Waals surface area contributed by atoms with Crippen molar-refractivity contribution in [2.75, 3.05) is 10.6 Å². The number of anilines is 2. The van der Waals surface area contributed by atoms with Crippen molar-refractivity contribution in [1.82, 2.24) is 4.98 Å². The molecule has 0 radical (unpaired) electrons. The number of thiazole rings is 1. The Morgan fingerprint density at radius 2 is 1.62 bits per heavy atom. The standard InChI is InChI=1S/C25H21N3O2S2/c1-17(29)26-20-13-8-14-21(15-20)32-23(19-11-6-3-7-12-19)24(30)28-25-27-22(16-31-25)18-9-4-2-5-10-18/h2-16,23H,1H3,(H,26,29)(H,27,28,30). The summed E-state index contributed by atoms with van der Waals surface area (Å²) in [6.07, 6.45) is 0. The van der Waals surface area contributed by atoms with Gasteiger partial charge in [0.25, 0.3) is 0 Å². The van der Waals surface area contributed by atoms with Crippen LogP contribution >= 0.6 is 23.1 Å². The van der Waals surface area contributed by atoms with Crippen LogP contribution in [0.3, 0.4) is 0 Å². The van der Waals surface area contributed by atoms with Crippen LogP contribution < -0.4 is 10.6 Å². The summed E-state index contributed by atoms with van der Waals surface area (Å²) in [6.45, 7) is 1.47. The Morgan fingerprint density at radius 1 is 0.906 bits per heavy atom. The Hall–Kier alpha value is -3.42. The Bertz CT molecular complexity index is 1210. The van der Waals surface area contributed by atoms with Crippen LogP contribution in [-0.4, -0.2) is 16.8 Å². The fourth-order valence-electron chi connectivity index (χ4n) is 3.13. The second-order valence-electron chi connectivity index (χ2n) is 7.01. The van der Waals surface area contributed by atoms with Crippen molar-refractivity contribution in [3.63, 3.8) is 0 Å². The van der Waals surface area contributed by atoms with Gasteiger partial charge in [0.2, 0.25) is 11.8 Å². The smallest absolute Gasteiger partial charge is 0.244 e. The Morgan fingerprint density at radius 3 is 2.34 bits per heavy atom. The molecule has 0 aliphatic carbocycles. The summed E-state index contributed by atoms with van der Waals surface area (Å²) in [5, 5.41) is 7.78. The summed E-state index contributed by atoms with van der Waals surface area (Å²) >= 11 is 2.83. The van der Waals surface area contributed by atoms with E-state index in [1.165, 1.54) is 30.0 Å². The minimum Gasteiger partial charge on any atom is -0.326 e. The van der Waals surface area contributed by atoms with E-state index in [2.05, 4.69) is 15.6 Å². The van der Waals surface area contributed by atoms with Gasteiger partial charge in [-0.1, -0.05) is 66.7 Å². The second kappa shape index (κ2) is 10.3. The Kier molecular flexibility index (Phi) is 6.99. The molecule has 2 amide bonds. The van der Waals surface area contributed by atoms with Crippen LogP contribution in [0.1, 0.15) is 17.7 Å². The number of hydrogen-bond acceptors (Lipinski definition) is 5. The van der Waals surface area contributed by atoms with Crippen molar-refractivity contribution in [1.29, 1.82) is 0 Å². The van der Waals surface area contributed by atoms with Crippen LogP contribution in [0.4, 0.5) is 10.8 Å². The van der Waals surface area contributed by atoms with Gasteiger partial charge in [-0.05, 0) is 23.8 Å². The first kappa shape index (κ1) is 21.8. The van der Waals surface area contributed by atoms with Crippen LogP contribution in [0.25, 0.3) is 11.3 Å². The average molecular weight is 460 g/mol. The van der Waals surface area contributed by atoms with Gasteiger partial charge in [0, 0.05) is 28.5 Å². The van der Waals surface area contributed by atoms with Crippen LogP contribution in [0.15, 0.2) is 95.2 Å². The van der Waals surface area contributed by atoms with Crippen LogP contribution in [-0.2, 0) is 9.59 Å². The molecule has 0 spiro atoms. The van der Waals surface area contributed by atoms with E-state index >= 15 is 0 Å². The normalized spacial score (nSPS) is 11.5. The van der Waals surface area contributed by atoms with E-state index in [1.54, 1.807) is 0 Å². The number of thioether (sulfide) groups is 1. The molecule has 2 N–H and O–H groups in total. The largest absolute Gasteiger partial charge is 0.326 e. The summed E-state index contributed by atoms with van der Waals surface area (Å²) in [7, 11) is 0. The van der Waals surface area contributed by atoms with E-state index in [9.17, 15) is 9.59 Å². The number of nitrogens with zero attached hydrogens (tertiary/aromatic N) is 1. The molecule has 0 aliphatic rings. The maximum absolute atomic E-state index is 13.3. The number of aromatic nitrogens is 1. The first-order chi connectivity index (χ1) is 15.6. The molecule has 32 heavy (non-hydrogen) atoms. The molecular weight excluding hydrogens is 438 g/mol. The fraction of sp³-hybridized carbons (Fsp3) is 0.0800. The number of carbonyl (C=O) groups is 2. The topological polar surface area (TPSA) is 71.1 Å². The van der Waals surface area contributed by atoms with Crippen LogP contribution in [0.5, 0.6) is 0 Å². The third-order valence-corrected chi connectivity index (χ3v) is 6.56. The van der Waals surface area contributed by atoms with Crippen molar-refractivity contribution in [2.24, 2.45) is 0 Å². The van der Waals surface area contributed by atoms with Crippen molar-refractivity contribution in [3.8, 4) is 11.3 Å². The van der Waals surface area contributed by atoms with E-state index in [-0.39, 0.29) is 11.8 Å². The minimum absolute atomic E-state index is 0.137. The molecule has 0 saturated heterocycles. The lowest BCUT2D eigenvalue weighted by atomic mass is 10.1. The van der Waals surface area contributed by atoms with Gasteiger partial charge in [-0.2, -0.15) is 0 Å². The van der Waals surface area contributed by atoms with E-state index < -0.39 is 5.25 Å². The maximum atomic E-state index is 13.3. The molecule has 160 valence electrons. The highest BCUT2D eigenvalue weighted by Gasteiger charge is 2.23. The predicted molar refractivity (Wildman–Crippen MR) is 132 cm³/mol. The number of hydrogen-bond donors (Lipinski definition) is 2. The first-order valence-corrected chi connectivity index (χ1v) is 11.8. The molecule has 1 atom stereocenters. The highest BCUT2D eigenvalue weighted by atomic mass is 32.2. The summed E-state index contributed by atoms with van der Waals surface area (Å²) < 4.78 is 0. The number of amides is 2. The van der Waals surface area contributed by atoms with E-state index in [0.717, 1.165) is 21.7 Å². The highest BCUT2D eigenvalue weighted by Crippen LogP contribution is 2.37. The third kappa shape index (κ3) is 5.63. The molecule has 7 heteroatoms. The predicted octanol–water partition coefficient (Wildman–Crippen LogP) is 6.24. The molecular formula is C25H21N3O2S2. The summed E-state index contributed by atoms with van der Waals surface area (Å²) in [6, 6.07) is 27.0. The lowest BCUT2D eigenvalue weighted by Crippen LogP contribution is -2.19. The number of carbonyl (C=O) groups excluding carboxylic acids is 2. The molecule has 0 fully saturated rings. The van der Waals surface area contributed by atoms with Gasteiger partial charge in [-0.15, -0.1) is 23.1 Å². The van der Waals surface area contributed by atoms with Gasteiger partial charge in [-0.3, -0.25) is 9.59 Å². The second-order valence-corrected chi connectivity index (χ2v) is 9.05. The quantitative estimate of drug-likeness (QED) is 0.321. The van der Waals surface area contributed by atoms with Crippen molar-refractivity contribution < 1.29 is 9.59 Å². The van der Waals surface area contributed by atoms with E-state index in [1.807, 2.05) is 90.3 Å². The number of benzene rings is 3. The van der Waals surface area contributed by atoms with E-state index in [0.29, 0.717) is 10.8 Å². The maximum Gasteiger partial charge on any atom is 0.244 e.